The van der Waals surface area contributed by atoms with Crippen LogP contribution in [0.1, 0.15) is 51.6 Å². The summed E-state index contributed by atoms with van der Waals surface area (Å²) in [5.74, 6) is 1.30. The molecule has 122 valence electrons. The lowest BCUT2D eigenvalue weighted by molar-refractivity contribution is 0.245. The molecule has 0 atom stereocenters. The van der Waals surface area contributed by atoms with Crippen molar-refractivity contribution >= 4 is 5.96 Å². The molecule has 0 amide bonds. The summed E-state index contributed by atoms with van der Waals surface area (Å²) in [5, 5.41) is 3.21. The predicted molar refractivity (Wildman–Crippen MR) is 92.8 cm³/mol. The zero-order valence-corrected chi connectivity index (χ0v) is 14.0. The summed E-state index contributed by atoms with van der Waals surface area (Å²) in [6.07, 6.45) is 9.24. The average Bonchev–Trinajstić information content (AvgIpc) is 2.94. The molecule has 0 unspecified atom stereocenters. The van der Waals surface area contributed by atoms with Crippen molar-refractivity contribution < 1.29 is 0 Å². The van der Waals surface area contributed by atoms with Crippen molar-refractivity contribution in [2.75, 3.05) is 13.1 Å². The quantitative estimate of drug-likeness (QED) is 0.601. The summed E-state index contributed by atoms with van der Waals surface area (Å²) in [6.45, 7) is 6.26. The first-order chi connectivity index (χ1) is 10.6. The van der Waals surface area contributed by atoms with Crippen LogP contribution in [0, 0.1) is 11.3 Å². The number of hydrogen-bond acceptors (Lipinski definition) is 2. The molecular weight excluding hydrogens is 272 g/mol. The molecular formula is C18H30N4. The van der Waals surface area contributed by atoms with Crippen LogP contribution >= 0.6 is 0 Å². The van der Waals surface area contributed by atoms with Gasteiger partial charge in [0.05, 0.1) is 0 Å². The molecule has 1 saturated carbocycles. The van der Waals surface area contributed by atoms with Crippen molar-refractivity contribution in [3.8, 4) is 0 Å². The lowest BCUT2D eigenvalue weighted by Crippen LogP contribution is -2.35. The van der Waals surface area contributed by atoms with Crippen LogP contribution in [0.3, 0.4) is 0 Å². The number of aromatic nitrogens is 1. The number of nitrogens with two attached hydrogens (primary N) is 1. The highest BCUT2D eigenvalue weighted by atomic mass is 15.1. The summed E-state index contributed by atoms with van der Waals surface area (Å²) in [6, 6.07) is 5.98. The normalized spacial score (nSPS) is 17.9. The number of pyridine rings is 1. The number of aliphatic imine (C=N–C) groups is 1. The first-order valence-electron chi connectivity index (χ1n) is 8.53. The minimum Gasteiger partial charge on any atom is -0.370 e. The maximum Gasteiger partial charge on any atom is 0.188 e. The standard InChI is InChI=1S/C18H30N4/c1-15(2)13-18(9-4-5-10-18)14-22-17(19)21-12-8-16-7-3-6-11-20-16/h3,6-7,11,15H,4-5,8-10,12-14H2,1-2H3,(H3,19,21,22). The monoisotopic (exact) mass is 302 g/mol. The van der Waals surface area contributed by atoms with Gasteiger partial charge in [-0.2, -0.15) is 0 Å². The van der Waals surface area contributed by atoms with E-state index in [4.69, 9.17) is 5.73 Å². The van der Waals surface area contributed by atoms with Gasteiger partial charge in [0.2, 0.25) is 0 Å². The third kappa shape index (κ3) is 5.32. The third-order valence-corrected chi connectivity index (χ3v) is 4.50. The van der Waals surface area contributed by atoms with Crippen molar-refractivity contribution in [3.05, 3.63) is 30.1 Å². The Hall–Kier alpha value is -1.58. The van der Waals surface area contributed by atoms with Gasteiger partial charge < -0.3 is 11.1 Å². The van der Waals surface area contributed by atoms with E-state index in [0.717, 1.165) is 31.1 Å². The Balaban J connectivity index is 1.78. The highest BCUT2D eigenvalue weighted by Gasteiger charge is 2.34. The second-order valence-corrected chi connectivity index (χ2v) is 7.00. The second kappa shape index (κ2) is 8.16. The van der Waals surface area contributed by atoms with Crippen molar-refractivity contribution in [1.82, 2.24) is 10.3 Å². The van der Waals surface area contributed by atoms with Crippen LogP contribution < -0.4 is 11.1 Å². The molecule has 0 saturated heterocycles. The van der Waals surface area contributed by atoms with E-state index in [-0.39, 0.29) is 0 Å². The Labute approximate surface area is 134 Å². The van der Waals surface area contributed by atoms with Crippen LogP contribution in [0.4, 0.5) is 0 Å². The smallest absolute Gasteiger partial charge is 0.188 e. The van der Waals surface area contributed by atoms with E-state index in [0.29, 0.717) is 11.4 Å². The summed E-state index contributed by atoms with van der Waals surface area (Å²) >= 11 is 0. The Kier molecular flexibility index (Phi) is 6.22. The predicted octanol–water partition coefficient (Wildman–Crippen LogP) is 3.13. The molecule has 0 aromatic carbocycles. The van der Waals surface area contributed by atoms with Gasteiger partial charge in [0, 0.05) is 31.4 Å². The van der Waals surface area contributed by atoms with Gasteiger partial charge in [-0.1, -0.05) is 32.8 Å². The molecule has 0 bridgehead atoms. The minimum atomic E-state index is 0.390. The molecule has 4 nitrogen and oxygen atoms in total. The van der Waals surface area contributed by atoms with Gasteiger partial charge in [-0.15, -0.1) is 0 Å². The van der Waals surface area contributed by atoms with E-state index in [1.165, 1.54) is 32.1 Å². The molecule has 1 aromatic heterocycles. The Bertz CT molecular complexity index is 461. The van der Waals surface area contributed by atoms with Gasteiger partial charge in [-0.25, -0.2) is 0 Å². The zero-order chi connectivity index (χ0) is 15.8. The maximum absolute atomic E-state index is 6.02. The van der Waals surface area contributed by atoms with Crippen molar-refractivity contribution in [2.24, 2.45) is 22.1 Å². The molecule has 1 aromatic rings. The highest BCUT2D eigenvalue weighted by Crippen LogP contribution is 2.43. The average molecular weight is 302 g/mol. The summed E-state index contributed by atoms with van der Waals surface area (Å²) in [7, 11) is 0. The van der Waals surface area contributed by atoms with Gasteiger partial charge in [0.15, 0.2) is 5.96 Å². The second-order valence-electron chi connectivity index (χ2n) is 7.00. The van der Waals surface area contributed by atoms with Gasteiger partial charge in [0.1, 0.15) is 0 Å². The van der Waals surface area contributed by atoms with Gasteiger partial charge in [0.25, 0.3) is 0 Å². The minimum absolute atomic E-state index is 0.390. The van der Waals surface area contributed by atoms with Crippen LogP contribution in [0.5, 0.6) is 0 Å². The van der Waals surface area contributed by atoms with Crippen LogP contribution in [0.15, 0.2) is 29.4 Å². The summed E-state index contributed by atoms with van der Waals surface area (Å²) < 4.78 is 0. The zero-order valence-electron chi connectivity index (χ0n) is 14.0. The van der Waals surface area contributed by atoms with Gasteiger partial charge >= 0.3 is 0 Å². The lowest BCUT2D eigenvalue weighted by Gasteiger charge is -2.29. The molecule has 0 radical (unpaired) electrons. The van der Waals surface area contributed by atoms with E-state index in [1.807, 2.05) is 24.4 Å². The van der Waals surface area contributed by atoms with Crippen LogP contribution in [-0.4, -0.2) is 24.0 Å². The Morgan fingerprint density at radius 3 is 2.77 bits per heavy atom. The molecule has 3 N–H and O–H groups in total. The van der Waals surface area contributed by atoms with Crippen LogP contribution in [-0.2, 0) is 6.42 Å². The molecule has 22 heavy (non-hydrogen) atoms. The van der Waals surface area contributed by atoms with Crippen molar-refractivity contribution in [1.29, 1.82) is 0 Å². The third-order valence-electron chi connectivity index (χ3n) is 4.50. The number of nitrogens with zero attached hydrogens (tertiary/aromatic N) is 2. The lowest BCUT2D eigenvalue weighted by atomic mass is 9.78. The molecule has 4 heteroatoms. The fourth-order valence-electron chi connectivity index (χ4n) is 3.59. The first kappa shape index (κ1) is 16.8. The SMILES string of the molecule is CC(C)CC1(CN=C(N)NCCc2ccccn2)CCCC1. The number of hydrogen-bond donors (Lipinski definition) is 2. The molecule has 1 heterocycles. The van der Waals surface area contributed by atoms with E-state index in [1.54, 1.807) is 0 Å². The van der Waals surface area contributed by atoms with Gasteiger partial charge in [-0.05, 0) is 42.7 Å². The van der Waals surface area contributed by atoms with E-state index in [9.17, 15) is 0 Å². The van der Waals surface area contributed by atoms with Gasteiger partial charge in [-0.3, -0.25) is 9.98 Å². The number of guanidine groups is 1. The molecule has 2 rings (SSSR count). The molecule has 0 spiro atoms. The summed E-state index contributed by atoms with van der Waals surface area (Å²) in [5.41, 5.74) is 7.49. The maximum atomic E-state index is 6.02. The largest absolute Gasteiger partial charge is 0.370 e. The number of nitrogens with one attached hydrogen (secondary N) is 1. The Morgan fingerprint density at radius 2 is 2.14 bits per heavy atom. The van der Waals surface area contributed by atoms with E-state index in [2.05, 4.69) is 29.1 Å². The number of rotatable bonds is 7. The fourth-order valence-corrected chi connectivity index (χ4v) is 3.59. The molecule has 1 aliphatic carbocycles. The molecule has 0 aliphatic heterocycles. The molecule has 1 fully saturated rings. The first-order valence-corrected chi connectivity index (χ1v) is 8.53. The highest BCUT2D eigenvalue weighted by molar-refractivity contribution is 5.77. The van der Waals surface area contributed by atoms with E-state index < -0.39 is 0 Å². The van der Waals surface area contributed by atoms with E-state index >= 15 is 0 Å². The fraction of sp³-hybridized carbons (Fsp3) is 0.667. The summed E-state index contributed by atoms with van der Waals surface area (Å²) in [4.78, 5) is 8.93. The topological polar surface area (TPSA) is 63.3 Å². The van der Waals surface area contributed by atoms with Crippen molar-refractivity contribution in [3.63, 3.8) is 0 Å². The van der Waals surface area contributed by atoms with Crippen molar-refractivity contribution in [2.45, 2.75) is 52.4 Å². The van der Waals surface area contributed by atoms with Crippen LogP contribution in [0.2, 0.25) is 0 Å². The Morgan fingerprint density at radius 1 is 1.36 bits per heavy atom. The molecule has 1 aliphatic rings. The van der Waals surface area contributed by atoms with Crippen LogP contribution in [0.25, 0.3) is 0 Å².